The molecule has 4 saturated heterocycles. The van der Waals surface area contributed by atoms with Crippen molar-refractivity contribution in [1.82, 2.24) is 0 Å². The second kappa shape index (κ2) is 6.33. The molecule has 4 fully saturated rings. The number of alkyl halides is 3. The summed E-state index contributed by atoms with van der Waals surface area (Å²) in [6.07, 6.45) is -5.03. The third kappa shape index (κ3) is 2.49. The lowest BCUT2D eigenvalue weighted by Gasteiger charge is -2.43. The van der Waals surface area contributed by atoms with Gasteiger partial charge in [0.1, 0.15) is 11.8 Å². The molecule has 10 heteroatoms. The minimum absolute atomic E-state index is 0.0127. The van der Waals surface area contributed by atoms with Crippen molar-refractivity contribution in [3.8, 4) is 6.07 Å². The van der Waals surface area contributed by atoms with Crippen molar-refractivity contribution in [2.24, 2.45) is 11.8 Å². The van der Waals surface area contributed by atoms with E-state index in [-0.39, 0.29) is 24.3 Å². The zero-order chi connectivity index (χ0) is 23.2. The van der Waals surface area contributed by atoms with E-state index < -0.39 is 58.4 Å². The largest absolute Gasteiger partial charge is 0.478 e. The van der Waals surface area contributed by atoms with Crippen molar-refractivity contribution in [1.29, 1.82) is 5.26 Å². The number of nitrogens with zero attached hydrogens (tertiary/aromatic N) is 2. The van der Waals surface area contributed by atoms with Gasteiger partial charge < -0.3 is 14.6 Å². The maximum Gasteiger partial charge on any atom is 0.417 e. The smallest absolute Gasteiger partial charge is 0.417 e. The first-order valence-corrected chi connectivity index (χ1v) is 10.1. The molecule has 5 atom stereocenters. The molecule has 1 N–H and O–H groups in total. The van der Waals surface area contributed by atoms with Crippen LogP contribution >= 0.6 is 0 Å². The van der Waals surface area contributed by atoms with Gasteiger partial charge in [0.15, 0.2) is 0 Å². The minimum Gasteiger partial charge on any atom is -0.478 e. The molecular weight excluding hydrogens is 429 g/mol. The topological polar surface area (TPSA) is 99.9 Å². The van der Waals surface area contributed by atoms with Crippen molar-refractivity contribution in [2.75, 3.05) is 11.5 Å². The summed E-state index contributed by atoms with van der Waals surface area (Å²) in [5.74, 6) is -2.71. The fraction of sp³-hybridized carbons (Fsp3) is 0.500. The molecule has 0 unspecified atom stereocenters. The molecule has 1 aromatic rings. The van der Waals surface area contributed by atoms with Gasteiger partial charge in [-0.05, 0) is 37.6 Å². The molecule has 5 rings (SSSR count). The van der Waals surface area contributed by atoms with Crippen LogP contribution in [0.3, 0.4) is 0 Å². The van der Waals surface area contributed by atoms with Crippen molar-refractivity contribution in [2.45, 2.75) is 50.3 Å². The molecule has 0 aliphatic carbocycles. The number of benzene rings is 1. The number of amides is 1. The summed E-state index contributed by atoms with van der Waals surface area (Å²) in [5.41, 5.74) is -2.87. The zero-order valence-corrected chi connectivity index (χ0v) is 17.2. The molecule has 1 aromatic carbocycles. The second-order valence-corrected chi connectivity index (χ2v) is 8.95. The number of aliphatic carboxylic acids is 1. The Morgan fingerprint density at radius 1 is 1.38 bits per heavy atom. The van der Waals surface area contributed by atoms with E-state index in [1.807, 2.05) is 0 Å². The van der Waals surface area contributed by atoms with Crippen LogP contribution in [0.1, 0.15) is 37.8 Å². The quantitative estimate of drug-likeness (QED) is 0.698. The van der Waals surface area contributed by atoms with Crippen LogP contribution in [0.2, 0.25) is 0 Å². The van der Waals surface area contributed by atoms with Gasteiger partial charge in [-0.25, -0.2) is 4.79 Å². The summed E-state index contributed by atoms with van der Waals surface area (Å²) in [7, 11) is 0. The summed E-state index contributed by atoms with van der Waals surface area (Å²) < 4.78 is 52.8. The Labute approximate surface area is 181 Å². The molecule has 1 amide bonds. The zero-order valence-electron chi connectivity index (χ0n) is 17.2. The normalized spacial score (nSPS) is 36.8. The van der Waals surface area contributed by atoms with Gasteiger partial charge in [-0.3, -0.25) is 9.69 Å². The second-order valence-electron chi connectivity index (χ2n) is 8.95. The standard InChI is InChI=1S/C22H19F3N2O5/c1-10(19(29)30)14-8-20(2)15-16-18(31-6-5-21(14,16)32-20)27(17(15)28)12-4-3-11(9-26)13(7-12)22(23,24)25/h3-4,7,15-16,18H,5-6,8H2,1-2H3,(H,29,30)/t15-,16+,18+,20+,21+/m1/s1. The molecule has 0 radical (unpaired) electrons. The van der Waals surface area contributed by atoms with Crippen molar-refractivity contribution in [3.63, 3.8) is 0 Å². The van der Waals surface area contributed by atoms with Gasteiger partial charge in [-0.2, -0.15) is 18.4 Å². The highest BCUT2D eigenvalue weighted by atomic mass is 19.4. The van der Waals surface area contributed by atoms with Crippen LogP contribution in [0.4, 0.5) is 18.9 Å². The van der Waals surface area contributed by atoms with Gasteiger partial charge in [-0.1, -0.05) is 0 Å². The lowest BCUT2D eigenvalue weighted by Crippen LogP contribution is -2.52. The molecule has 4 heterocycles. The molecule has 0 aromatic heterocycles. The van der Waals surface area contributed by atoms with E-state index in [0.717, 1.165) is 12.1 Å². The highest BCUT2D eigenvalue weighted by Crippen LogP contribution is 2.67. The number of anilines is 1. The summed E-state index contributed by atoms with van der Waals surface area (Å²) in [4.78, 5) is 26.5. The number of halogens is 3. The Morgan fingerprint density at radius 2 is 2.09 bits per heavy atom. The minimum atomic E-state index is -4.77. The lowest BCUT2D eigenvalue weighted by atomic mass is 9.63. The highest BCUT2D eigenvalue weighted by Gasteiger charge is 2.77. The number of carbonyl (C=O) groups is 2. The van der Waals surface area contributed by atoms with Crippen molar-refractivity contribution in [3.05, 3.63) is 40.5 Å². The number of carbonyl (C=O) groups excluding carboxylic acids is 1. The van der Waals surface area contributed by atoms with E-state index in [2.05, 4.69) is 0 Å². The van der Waals surface area contributed by atoms with Gasteiger partial charge in [0.05, 0.1) is 41.2 Å². The fourth-order valence-electron chi connectivity index (χ4n) is 6.10. The van der Waals surface area contributed by atoms with Crippen LogP contribution in [0.5, 0.6) is 0 Å². The van der Waals surface area contributed by atoms with Gasteiger partial charge in [-0.15, -0.1) is 0 Å². The Hall–Kier alpha value is -2.90. The molecule has 168 valence electrons. The first kappa shape index (κ1) is 21.0. The SMILES string of the molecule is CC(C(=O)O)=C1C[C@]2(C)O[C@@]13CCO[C@H]1[C@@H]3[C@@H]2C(=O)N1c1ccc(C#N)c(C(F)(F)F)c1. The number of nitriles is 1. The Balaban J connectivity index is 1.65. The van der Waals surface area contributed by atoms with Crippen molar-refractivity contribution >= 4 is 17.6 Å². The number of carboxylic acids is 1. The summed E-state index contributed by atoms with van der Waals surface area (Å²) in [6, 6.07) is 4.69. The van der Waals surface area contributed by atoms with Crippen LogP contribution in [-0.2, 0) is 25.2 Å². The first-order valence-electron chi connectivity index (χ1n) is 10.1. The van der Waals surface area contributed by atoms with E-state index in [4.69, 9.17) is 14.7 Å². The van der Waals surface area contributed by atoms with Gasteiger partial charge >= 0.3 is 12.1 Å². The molecular formula is C22H19F3N2O5. The predicted octanol–water partition coefficient (Wildman–Crippen LogP) is 3.23. The van der Waals surface area contributed by atoms with Crippen molar-refractivity contribution < 1.29 is 37.3 Å². The van der Waals surface area contributed by atoms with Crippen LogP contribution < -0.4 is 4.90 Å². The molecule has 7 nitrogen and oxygen atoms in total. The van der Waals surface area contributed by atoms with Crippen LogP contribution in [-0.4, -0.2) is 41.0 Å². The summed E-state index contributed by atoms with van der Waals surface area (Å²) in [6.45, 7) is 3.41. The monoisotopic (exact) mass is 448 g/mol. The molecule has 2 bridgehead atoms. The average Bonchev–Trinajstić information content (AvgIpc) is 3.30. The van der Waals surface area contributed by atoms with Gasteiger partial charge in [0.2, 0.25) is 5.91 Å². The summed E-state index contributed by atoms with van der Waals surface area (Å²) >= 11 is 0. The Bertz CT molecular complexity index is 1140. The highest BCUT2D eigenvalue weighted by molar-refractivity contribution is 6.00. The van der Waals surface area contributed by atoms with E-state index in [0.29, 0.717) is 12.0 Å². The first-order chi connectivity index (χ1) is 14.9. The van der Waals surface area contributed by atoms with Crippen LogP contribution in [0.25, 0.3) is 0 Å². The third-order valence-corrected chi connectivity index (χ3v) is 7.32. The van der Waals surface area contributed by atoms with Crippen LogP contribution in [0, 0.1) is 23.2 Å². The fourth-order valence-corrected chi connectivity index (χ4v) is 6.10. The van der Waals surface area contributed by atoms with E-state index in [9.17, 15) is 27.9 Å². The number of fused-ring (bicyclic) bond motifs is 2. The maximum absolute atomic E-state index is 13.5. The van der Waals surface area contributed by atoms with E-state index in [1.54, 1.807) is 6.92 Å². The summed E-state index contributed by atoms with van der Waals surface area (Å²) in [5, 5.41) is 18.6. The molecule has 4 aliphatic rings. The van der Waals surface area contributed by atoms with Gasteiger partial charge in [0.25, 0.3) is 0 Å². The van der Waals surface area contributed by atoms with E-state index >= 15 is 0 Å². The number of hydrogen-bond acceptors (Lipinski definition) is 5. The Kier molecular flexibility index (Phi) is 4.15. The van der Waals surface area contributed by atoms with Crippen LogP contribution in [0.15, 0.2) is 29.3 Å². The number of hydrogen-bond donors (Lipinski definition) is 1. The van der Waals surface area contributed by atoms with Gasteiger partial charge in [0, 0.05) is 24.1 Å². The maximum atomic E-state index is 13.5. The molecule has 0 saturated carbocycles. The molecule has 32 heavy (non-hydrogen) atoms. The lowest BCUT2D eigenvalue weighted by molar-refractivity contribution is -0.138. The predicted molar refractivity (Wildman–Crippen MR) is 102 cm³/mol. The third-order valence-electron chi connectivity index (χ3n) is 7.32. The number of carboxylic acid groups (broad SMARTS) is 1. The molecule has 4 aliphatic heterocycles. The number of rotatable bonds is 2. The Morgan fingerprint density at radius 3 is 2.72 bits per heavy atom. The molecule has 1 spiro atoms. The number of ether oxygens (including phenoxy) is 2. The average molecular weight is 448 g/mol. The van der Waals surface area contributed by atoms with E-state index in [1.165, 1.54) is 24.0 Å².